The summed E-state index contributed by atoms with van der Waals surface area (Å²) in [6.07, 6.45) is 6.64. The molecule has 4 nitrogen and oxygen atoms in total. The zero-order valence-electron chi connectivity index (χ0n) is 11.9. The first kappa shape index (κ1) is 16.1. The summed E-state index contributed by atoms with van der Waals surface area (Å²) in [5, 5.41) is 11.5. The van der Waals surface area contributed by atoms with E-state index in [1.54, 1.807) is 0 Å². The smallest absolute Gasteiger partial charge is 0.0827 e. The van der Waals surface area contributed by atoms with E-state index in [1.165, 1.54) is 12.8 Å². The second kappa shape index (κ2) is 11.6. The van der Waals surface area contributed by atoms with E-state index >= 15 is 0 Å². The molecule has 0 saturated heterocycles. The van der Waals surface area contributed by atoms with Gasteiger partial charge in [-0.15, -0.1) is 5.10 Å². The van der Waals surface area contributed by atoms with Gasteiger partial charge in [0.15, 0.2) is 0 Å². The second-order valence-corrected chi connectivity index (χ2v) is 3.78. The summed E-state index contributed by atoms with van der Waals surface area (Å²) in [5.74, 6) is 0. The third-order valence-electron chi connectivity index (χ3n) is 2.33. The van der Waals surface area contributed by atoms with Crippen LogP contribution in [0.2, 0.25) is 0 Å². The number of nitrogens with one attached hydrogen (secondary N) is 1. The summed E-state index contributed by atoms with van der Waals surface area (Å²) >= 11 is 0. The van der Waals surface area contributed by atoms with Gasteiger partial charge in [0.05, 0.1) is 5.69 Å². The average Bonchev–Trinajstić information content (AvgIpc) is 2.80. The number of nitrogens with zero attached hydrogens (tertiary/aromatic N) is 3. The van der Waals surface area contributed by atoms with Crippen molar-refractivity contribution in [3.63, 3.8) is 0 Å². The molecule has 0 spiro atoms. The predicted octanol–water partition coefficient (Wildman–Crippen LogP) is 2.65. The quantitative estimate of drug-likeness (QED) is 0.710. The van der Waals surface area contributed by atoms with E-state index in [0.29, 0.717) is 0 Å². The van der Waals surface area contributed by atoms with E-state index < -0.39 is 0 Å². The van der Waals surface area contributed by atoms with Crippen molar-refractivity contribution in [1.82, 2.24) is 20.3 Å². The van der Waals surface area contributed by atoms with E-state index in [0.717, 1.165) is 38.2 Å². The lowest BCUT2D eigenvalue weighted by Gasteiger charge is -1.99. The number of aryl methyl sites for hydroxylation is 2. The number of aromatic nitrogens is 3. The van der Waals surface area contributed by atoms with Crippen LogP contribution in [0, 0.1) is 0 Å². The SMILES string of the molecule is CC.CCCn1cc(CCCCNCC)nn1. The third-order valence-corrected chi connectivity index (χ3v) is 2.33. The summed E-state index contributed by atoms with van der Waals surface area (Å²) in [6.45, 7) is 11.4. The normalized spacial score (nSPS) is 9.88. The van der Waals surface area contributed by atoms with Crippen molar-refractivity contribution in [2.45, 2.75) is 59.9 Å². The minimum absolute atomic E-state index is 0.977. The molecule has 0 atom stereocenters. The van der Waals surface area contributed by atoms with Gasteiger partial charge in [0.1, 0.15) is 0 Å². The highest BCUT2D eigenvalue weighted by Crippen LogP contribution is 2.00. The minimum atomic E-state index is 0.977. The van der Waals surface area contributed by atoms with Crippen LogP contribution in [0.5, 0.6) is 0 Å². The molecule has 1 aromatic rings. The molecule has 1 N–H and O–H groups in total. The van der Waals surface area contributed by atoms with Crippen LogP contribution in [0.3, 0.4) is 0 Å². The molecular weight excluding hydrogens is 212 g/mol. The topological polar surface area (TPSA) is 42.7 Å². The molecule has 0 aliphatic rings. The number of hydrogen-bond donors (Lipinski definition) is 1. The Hall–Kier alpha value is -0.900. The van der Waals surface area contributed by atoms with Gasteiger partial charge >= 0.3 is 0 Å². The highest BCUT2D eigenvalue weighted by atomic mass is 15.4. The highest BCUT2D eigenvalue weighted by molar-refractivity contribution is 4.92. The maximum Gasteiger partial charge on any atom is 0.0827 e. The summed E-state index contributed by atoms with van der Waals surface area (Å²) in [4.78, 5) is 0. The zero-order valence-corrected chi connectivity index (χ0v) is 11.9. The van der Waals surface area contributed by atoms with E-state index in [2.05, 4.69) is 35.7 Å². The Labute approximate surface area is 106 Å². The van der Waals surface area contributed by atoms with Crippen molar-refractivity contribution in [2.75, 3.05) is 13.1 Å². The Balaban J connectivity index is 0.00000121. The first-order chi connectivity index (χ1) is 8.36. The first-order valence-corrected chi connectivity index (χ1v) is 6.96. The van der Waals surface area contributed by atoms with Crippen molar-refractivity contribution in [3.05, 3.63) is 11.9 Å². The molecule has 1 rings (SSSR count). The summed E-state index contributed by atoms with van der Waals surface area (Å²) in [6, 6.07) is 0. The summed E-state index contributed by atoms with van der Waals surface area (Å²) in [5.41, 5.74) is 1.12. The Morgan fingerprint density at radius 1 is 1.24 bits per heavy atom. The zero-order chi connectivity index (χ0) is 12.9. The number of unbranched alkanes of at least 4 members (excludes halogenated alkanes) is 1. The van der Waals surface area contributed by atoms with Crippen molar-refractivity contribution < 1.29 is 0 Å². The molecule has 1 aromatic heterocycles. The maximum atomic E-state index is 4.15. The Morgan fingerprint density at radius 3 is 2.65 bits per heavy atom. The fraction of sp³-hybridized carbons (Fsp3) is 0.846. The fourth-order valence-electron chi connectivity index (χ4n) is 1.52. The molecule has 0 saturated carbocycles. The molecule has 4 heteroatoms. The molecule has 1 heterocycles. The molecule has 0 aliphatic heterocycles. The molecule has 100 valence electrons. The molecule has 0 amide bonds. The maximum absolute atomic E-state index is 4.15. The van der Waals surface area contributed by atoms with E-state index in [-0.39, 0.29) is 0 Å². The van der Waals surface area contributed by atoms with Gasteiger partial charge in [-0.05, 0) is 38.8 Å². The Kier molecular flexibility index (Phi) is 11.0. The third kappa shape index (κ3) is 7.91. The monoisotopic (exact) mass is 240 g/mol. The van der Waals surface area contributed by atoms with Crippen molar-refractivity contribution in [3.8, 4) is 0 Å². The Bertz CT molecular complexity index is 258. The van der Waals surface area contributed by atoms with Crippen molar-refractivity contribution >= 4 is 0 Å². The molecule has 0 radical (unpaired) electrons. The Morgan fingerprint density at radius 2 is 2.00 bits per heavy atom. The molecule has 0 unspecified atom stereocenters. The van der Waals surface area contributed by atoms with Gasteiger partial charge in [-0.1, -0.05) is 32.9 Å². The fourth-order valence-corrected chi connectivity index (χ4v) is 1.52. The predicted molar refractivity (Wildman–Crippen MR) is 73.1 cm³/mol. The van der Waals surface area contributed by atoms with Gasteiger partial charge in [-0.25, -0.2) is 0 Å². The first-order valence-electron chi connectivity index (χ1n) is 6.96. The molecule has 17 heavy (non-hydrogen) atoms. The van der Waals surface area contributed by atoms with Crippen LogP contribution < -0.4 is 5.32 Å². The summed E-state index contributed by atoms with van der Waals surface area (Å²) < 4.78 is 1.93. The molecule has 0 aromatic carbocycles. The number of hydrogen-bond acceptors (Lipinski definition) is 3. The molecule has 0 bridgehead atoms. The van der Waals surface area contributed by atoms with Crippen LogP contribution in [0.25, 0.3) is 0 Å². The van der Waals surface area contributed by atoms with Crippen LogP contribution >= 0.6 is 0 Å². The van der Waals surface area contributed by atoms with Crippen molar-refractivity contribution in [1.29, 1.82) is 0 Å². The van der Waals surface area contributed by atoms with Gasteiger partial charge in [0.2, 0.25) is 0 Å². The highest BCUT2D eigenvalue weighted by Gasteiger charge is 1.99. The lowest BCUT2D eigenvalue weighted by atomic mass is 10.2. The van der Waals surface area contributed by atoms with E-state index in [4.69, 9.17) is 0 Å². The lowest BCUT2D eigenvalue weighted by Crippen LogP contribution is -2.13. The van der Waals surface area contributed by atoms with Crippen LogP contribution in [0.15, 0.2) is 6.20 Å². The van der Waals surface area contributed by atoms with Crippen molar-refractivity contribution in [2.24, 2.45) is 0 Å². The van der Waals surface area contributed by atoms with Gasteiger partial charge in [-0.3, -0.25) is 4.68 Å². The van der Waals surface area contributed by atoms with Gasteiger partial charge in [-0.2, -0.15) is 0 Å². The van der Waals surface area contributed by atoms with E-state index in [1.807, 2.05) is 18.5 Å². The lowest BCUT2D eigenvalue weighted by molar-refractivity contribution is 0.578. The van der Waals surface area contributed by atoms with Gasteiger partial charge < -0.3 is 5.32 Å². The van der Waals surface area contributed by atoms with E-state index in [9.17, 15) is 0 Å². The van der Waals surface area contributed by atoms with Crippen LogP contribution in [0.1, 0.15) is 52.7 Å². The average molecular weight is 240 g/mol. The molecule has 0 fully saturated rings. The largest absolute Gasteiger partial charge is 0.317 e. The standard InChI is InChI=1S/C11H22N4.C2H6/c1-3-9-15-10-11(13-14-15)7-5-6-8-12-4-2;1-2/h10,12H,3-9H2,1-2H3;1-2H3. The number of rotatable bonds is 8. The minimum Gasteiger partial charge on any atom is -0.317 e. The molecular formula is C13H28N4. The van der Waals surface area contributed by atoms with Gasteiger partial charge in [0.25, 0.3) is 0 Å². The molecule has 0 aliphatic carbocycles. The summed E-state index contributed by atoms with van der Waals surface area (Å²) in [7, 11) is 0. The van der Waals surface area contributed by atoms with Crippen LogP contribution in [0.4, 0.5) is 0 Å². The van der Waals surface area contributed by atoms with Crippen LogP contribution in [-0.2, 0) is 13.0 Å². The van der Waals surface area contributed by atoms with Crippen LogP contribution in [-0.4, -0.2) is 28.1 Å². The second-order valence-electron chi connectivity index (χ2n) is 3.78. The van der Waals surface area contributed by atoms with Gasteiger partial charge in [0, 0.05) is 12.7 Å².